The minimum atomic E-state index is 0.353. The summed E-state index contributed by atoms with van der Waals surface area (Å²) < 4.78 is 1.74. The van der Waals surface area contributed by atoms with Crippen LogP contribution < -0.4 is 10.2 Å². The van der Waals surface area contributed by atoms with Crippen molar-refractivity contribution in [2.45, 2.75) is 32.9 Å². The summed E-state index contributed by atoms with van der Waals surface area (Å²) in [6.07, 6.45) is 1.81. The average molecular weight is 322 g/mol. The Labute approximate surface area is 137 Å². The maximum atomic E-state index is 6.36. The van der Waals surface area contributed by atoms with Gasteiger partial charge in [0.05, 0.1) is 5.69 Å². The summed E-state index contributed by atoms with van der Waals surface area (Å²) in [4.78, 5) is 6.44. The van der Waals surface area contributed by atoms with Crippen LogP contribution in [0.15, 0.2) is 18.3 Å². The van der Waals surface area contributed by atoms with E-state index in [0.29, 0.717) is 17.6 Å². The lowest BCUT2D eigenvalue weighted by Crippen LogP contribution is -2.19. The van der Waals surface area contributed by atoms with Gasteiger partial charge in [-0.15, -0.1) is 0 Å². The lowest BCUT2D eigenvalue weighted by molar-refractivity contribution is 0.676. The minimum absolute atomic E-state index is 0.353. The van der Waals surface area contributed by atoms with E-state index in [1.54, 1.807) is 4.68 Å². The summed E-state index contributed by atoms with van der Waals surface area (Å²) in [7, 11) is 5.88. The SMILES string of the molecule is CC(C)c1nn(C)c(Cl)c1CNCc1cccnc1N(C)C. The van der Waals surface area contributed by atoms with Gasteiger partial charge in [-0.3, -0.25) is 4.68 Å². The molecule has 0 bridgehead atoms. The summed E-state index contributed by atoms with van der Waals surface area (Å²) in [6, 6.07) is 4.05. The van der Waals surface area contributed by atoms with Gasteiger partial charge < -0.3 is 10.2 Å². The zero-order valence-corrected chi connectivity index (χ0v) is 14.6. The van der Waals surface area contributed by atoms with Gasteiger partial charge in [0.15, 0.2) is 0 Å². The van der Waals surface area contributed by atoms with Crippen LogP contribution in [-0.2, 0) is 20.1 Å². The number of rotatable bonds is 6. The Morgan fingerprint density at radius 3 is 2.68 bits per heavy atom. The van der Waals surface area contributed by atoms with Crippen molar-refractivity contribution in [2.75, 3.05) is 19.0 Å². The molecular weight excluding hydrogens is 298 g/mol. The van der Waals surface area contributed by atoms with E-state index < -0.39 is 0 Å². The van der Waals surface area contributed by atoms with Crippen LogP contribution in [-0.4, -0.2) is 28.9 Å². The second-order valence-corrected chi connectivity index (χ2v) is 6.28. The number of aromatic nitrogens is 3. The lowest BCUT2D eigenvalue weighted by atomic mass is 10.1. The van der Waals surface area contributed by atoms with Gasteiger partial charge in [-0.05, 0) is 12.0 Å². The second kappa shape index (κ2) is 7.11. The van der Waals surface area contributed by atoms with E-state index in [2.05, 4.69) is 35.3 Å². The molecule has 0 atom stereocenters. The van der Waals surface area contributed by atoms with E-state index in [0.717, 1.165) is 23.6 Å². The van der Waals surface area contributed by atoms with Gasteiger partial charge >= 0.3 is 0 Å². The summed E-state index contributed by atoms with van der Waals surface area (Å²) in [5.74, 6) is 1.34. The van der Waals surface area contributed by atoms with Crippen molar-refractivity contribution in [1.82, 2.24) is 20.1 Å². The van der Waals surface area contributed by atoms with Gasteiger partial charge in [0.25, 0.3) is 0 Å². The minimum Gasteiger partial charge on any atom is -0.362 e. The second-order valence-electron chi connectivity index (χ2n) is 5.92. The molecule has 0 amide bonds. The smallest absolute Gasteiger partial charge is 0.132 e. The number of pyridine rings is 1. The van der Waals surface area contributed by atoms with E-state index in [1.165, 1.54) is 5.56 Å². The van der Waals surface area contributed by atoms with Crippen molar-refractivity contribution in [2.24, 2.45) is 7.05 Å². The van der Waals surface area contributed by atoms with Crippen LogP contribution in [0.1, 0.15) is 36.6 Å². The number of anilines is 1. The predicted octanol–water partition coefficient (Wildman–Crippen LogP) is 2.95. The van der Waals surface area contributed by atoms with Crippen LogP contribution in [0.4, 0.5) is 5.82 Å². The summed E-state index contributed by atoms with van der Waals surface area (Å²) in [6.45, 7) is 5.70. The van der Waals surface area contributed by atoms with Gasteiger partial charge in [0.1, 0.15) is 11.0 Å². The molecule has 1 N–H and O–H groups in total. The quantitative estimate of drug-likeness (QED) is 0.888. The molecule has 0 fully saturated rings. The number of nitrogens with zero attached hydrogens (tertiary/aromatic N) is 4. The highest BCUT2D eigenvalue weighted by Crippen LogP contribution is 2.25. The highest BCUT2D eigenvalue weighted by Gasteiger charge is 2.16. The first kappa shape index (κ1) is 16.8. The van der Waals surface area contributed by atoms with Crippen LogP contribution in [0.3, 0.4) is 0 Å². The van der Waals surface area contributed by atoms with Gasteiger partial charge in [0.2, 0.25) is 0 Å². The summed E-state index contributed by atoms with van der Waals surface area (Å²) in [5.41, 5.74) is 3.30. The third kappa shape index (κ3) is 3.59. The third-order valence-corrected chi connectivity index (χ3v) is 4.03. The van der Waals surface area contributed by atoms with Gasteiger partial charge in [-0.1, -0.05) is 31.5 Å². The van der Waals surface area contributed by atoms with Crippen molar-refractivity contribution in [3.8, 4) is 0 Å². The molecule has 6 heteroatoms. The molecule has 0 aromatic carbocycles. The molecule has 2 rings (SSSR count). The first-order valence-corrected chi connectivity index (χ1v) is 7.82. The molecule has 2 heterocycles. The molecule has 5 nitrogen and oxygen atoms in total. The van der Waals surface area contributed by atoms with Crippen LogP contribution in [0.2, 0.25) is 5.15 Å². The van der Waals surface area contributed by atoms with Crippen molar-refractivity contribution >= 4 is 17.4 Å². The Morgan fingerprint density at radius 2 is 2.05 bits per heavy atom. The van der Waals surface area contributed by atoms with Crippen LogP contribution in [0.25, 0.3) is 0 Å². The molecule has 2 aromatic rings. The van der Waals surface area contributed by atoms with E-state index in [-0.39, 0.29) is 0 Å². The Morgan fingerprint density at radius 1 is 1.32 bits per heavy atom. The Bertz CT molecular complexity index is 633. The maximum absolute atomic E-state index is 6.36. The monoisotopic (exact) mass is 321 g/mol. The van der Waals surface area contributed by atoms with Crippen LogP contribution in [0, 0.1) is 0 Å². The first-order valence-electron chi connectivity index (χ1n) is 7.45. The summed E-state index contributed by atoms with van der Waals surface area (Å²) in [5, 5.41) is 8.67. The fraction of sp³-hybridized carbons (Fsp3) is 0.500. The first-order chi connectivity index (χ1) is 10.4. The molecular formula is C16H24ClN5. The number of hydrogen-bond donors (Lipinski definition) is 1. The van der Waals surface area contributed by atoms with Crippen molar-refractivity contribution < 1.29 is 0 Å². The molecule has 0 saturated heterocycles. The molecule has 0 aliphatic heterocycles. The van der Waals surface area contributed by atoms with E-state index >= 15 is 0 Å². The Balaban J connectivity index is 2.09. The highest BCUT2D eigenvalue weighted by molar-refractivity contribution is 6.30. The number of halogens is 1. The lowest BCUT2D eigenvalue weighted by Gasteiger charge is -2.16. The van der Waals surface area contributed by atoms with E-state index in [9.17, 15) is 0 Å². The summed E-state index contributed by atoms with van der Waals surface area (Å²) >= 11 is 6.36. The van der Waals surface area contributed by atoms with E-state index in [1.807, 2.05) is 38.3 Å². The van der Waals surface area contributed by atoms with Gasteiger partial charge in [-0.2, -0.15) is 5.10 Å². The number of hydrogen-bond acceptors (Lipinski definition) is 4. The molecule has 0 aliphatic carbocycles. The average Bonchev–Trinajstić information content (AvgIpc) is 2.76. The van der Waals surface area contributed by atoms with Crippen molar-refractivity contribution in [3.63, 3.8) is 0 Å². The van der Waals surface area contributed by atoms with Crippen LogP contribution >= 0.6 is 11.6 Å². The topological polar surface area (TPSA) is 46.0 Å². The molecule has 0 spiro atoms. The van der Waals surface area contributed by atoms with Gasteiger partial charge in [-0.25, -0.2) is 4.98 Å². The fourth-order valence-electron chi connectivity index (χ4n) is 2.49. The normalized spacial score (nSPS) is 11.2. The van der Waals surface area contributed by atoms with E-state index in [4.69, 9.17) is 11.6 Å². The molecule has 120 valence electrons. The highest BCUT2D eigenvalue weighted by atomic mass is 35.5. The third-order valence-electron chi connectivity index (χ3n) is 3.56. The molecule has 22 heavy (non-hydrogen) atoms. The molecule has 2 aromatic heterocycles. The molecule has 0 saturated carbocycles. The maximum Gasteiger partial charge on any atom is 0.132 e. The van der Waals surface area contributed by atoms with Crippen LogP contribution in [0.5, 0.6) is 0 Å². The molecule has 0 radical (unpaired) electrons. The van der Waals surface area contributed by atoms with Gasteiger partial charge in [0, 0.05) is 51.6 Å². The fourth-order valence-corrected chi connectivity index (χ4v) is 2.69. The molecule has 0 aliphatic rings. The Kier molecular flexibility index (Phi) is 5.42. The van der Waals surface area contributed by atoms with Crippen molar-refractivity contribution in [3.05, 3.63) is 40.3 Å². The predicted molar refractivity (Wildman–Crippen MR) is 91.4 cm³/mol. The Hall–Kier alpha value is -1.59. The number of aryl methyl sites for hydroxylation is 1. The standard InChI is InChI=1S/C16H24ClN5/c1-11(2)14-13(15(17)22(5)20-14)10-18-9-12-7-6-8-19-16(12)21(3)4/h6-8,11,18H,9-10H2,1-5H3. The zero-order valence-electron chi connectivity index (χ0n) is 13.9. The number of nitrogens with one attached hydrogen (secondary N) is 1. The molecule has 0 unspecified atom stereocenters. The largest absolute Gasteiger partial charge is 0.362 e. The zero-order chi connectivity index (χ0) is 16.3. The van der Waals surface area contributed by atoms with Crippen molar-refractivity contribution in [1.29, 1.82) is 0 Å².